The van der Waals surface area contributed by atoms with Crippen molar-refractivity contribution in [3.63, 3.8) is 0 Å². The Labute approximate surface area is 157 Å². The van der Waals surface area contributed by atoms with E-state index in [1.54, 1.807) is 0 Å². The third kappa shape index (κ3) is 4.12. The summed E-state index contributed by atoms with van der Waals surface area (Å²) in [5.41, 5.74) is 1.17. The summed E-state index contributed by atoms with van der Waals surface area (Å²) in [5.74, 6) is 2.08. The Balaban J connectivity index is 1.43. The van der Waals surface area contributed by atoms with Gasteiger partial charge in [-0.2, -0.15) is 4.98 Å². The molecule has 3 fully saturated rings. The normalized spacial score (nSPS) is 23.4. The fourth-order valence-corrected chi connectivity index (χ4v) is 4.41. The molecule has 1 aromatic heterocycles. The Bertz CT molecular complexity index is 576. The van der Waals surface area contributed by atoms with Gasteiger partial charge in [0.25, 0.3) is 0 Å². The number of ether oxygens (including phenoxy) is 1. The molecule has 0 spiro atoms. The summed E-state index contributed by atoms with van der Waals surface area (Å²) in [6.45, 7) is 10.6. The van der Waals surface area contributed by atoms with Crippen LogP contribution in [0.3, 0.4) is 0 Å². The molecule has 0 N–H and O–H groups in total. The second kappa shape index (κ2) is 8.53. The van der Waals surface area contributed by atoms with Gasteiger partial charge in [0.1, 0.15) is 5.82 Å². The van der Waals surface area contributed by atoms with E-state index in [9.17, 15) is 0 Å². The molecule has 144 valence electrons. The van der Waals surface area contributed by atoms with Gasteiger partial charge in [0.2, 0.25) is 5.95 Å². The van der Waals surface area contributed by atoms with Crippen LogP contribution in [0.25, 0.3) is 0 Å². The standard InChI is InChI=1S/C20H33N5O/c1-2-17-16-19(22-20(21-17)25-8-4-3-5-9-25)24-12-10-23(11-13-24)18-6-14-26-15-7-18/h16,18H,2-15H2,1H3. The average molecular weight is 360 g/mol. The van der Waals surface area contributed by atoms with Crippen molar-refractivity contribution in [2.75, 3.05) is 62.3 Å². The van der Waals surface area contributed by atoms with Gasteiger partial charge >= 0.3 is 0 Å². The highest BCUT2D eigenvalue weighted by Gasteiger charge is 2.26. The van der Waals surface area contributed by atoms with Crippen LogP contribution in [0.4, 0.5) is 11.8 Å². The maximum atomic E-state index is 5.52. The zero-order chi connectivity index (χ0) is 17.8. The van der Waals surface area contributed by atoms with Crippen LogP contribution in [0.1, 0.15) is 44.7 Å². The molecule has 0 unspecified atom stereocenters. The third-order valence-corrected chi connectivity index (χ3v) is 6.10. The highest BCUT2D eigenvalue weighted by atomic mass is 16.5. The van der Waals surface area contributed by atoms with Crippen LogP contribution in [-0.2, 0) is 11.2 Å². The van der Waals surface area contributed by atoms with E-state index in [-0.39, 0.29) is 0 Å². The first-order valence-corrected chi connectivity index (χ1v) is 10.5. The Morgan fingerprint density at radius 1 is 0.923 bits per heavy atom. The molecule has 3 saturated heterocycles. The molecule has 0 aliphatic carbocycles. The molecule has 3 aliphatic heterocycles. The lowest BCUT2D eigenvalue weighted by Gasteiger charge is -2.41. The molecule has 3 aliphatic rings. The van der Waals surface area contributed by atoms with Gasteiger partial charge < -0.3 is 14.5 Å². The van der Waals surface area contributed by atoms with Gasteiger partial charge in [-0.25, -0.2) is 4.98 Å². The number of hydrogen-bond acceptors (Lipinski definition) is 6. The van der Waals surface area contributed by atoms with Gasteiger partial charge in [-0.15, -0.1) is 0 Å². The maximum absolute atomic E-state index is 5.52. The molecule has 0 atom stereocenters. The summed E-state index contributed by atoms with van der Waals surface area (Å²) >= 11 is 0. The highest BCUT2D eigenvalue weighted by molar-refractivity contribution is 5.46. The third-order valence-electron chi connectivity index (χ3n) is 6.10. The Morgan fingerprint density at radius 3 is 2.35 bits per heavy atom. The minimum Gasteiger partial charge on any atom is -0.381 e. The van der Waals surface area contributed by atoms with E-state index in [0.717, 1.165) is 70.7 Å². The summed E-state index contributed by atoms with van der Waals surface area (Å²) in [5, 5.41) is 0. The molecule has 6 nitrogen and oxygen atoms in total. The summed E-state index contributed by atoms with van der Waals surface area (Å²) in [6.07, 6.45) is 7.21. The Hall–Kier alpha value is -1.40. The van der Waals surface area contributed by atoms with E-state index < -0.39 is 0 Å². The number of piperazine rings is 1. The van der Waals surface area contributed by atoms with Gasteiger partial charge in [0, 0.05) is 70.3 Å². The van der Waals surface area contributed by atoms with E-state index in [1.807, 2.05) is 0 Å². The lowest BCUT2D eigenvalue weighted by molar-refractivity contribution is 0.0321. The summed E-state index contributed by atoms with van der Waals surface area (Å²) < 4.78 is 5.52. The summed E-state index contributed by atoms with van der Waals surface area (Å²) in [7, 11) is 0. The Morgan fingerprint density at radius 2 is 1.65 bits per heavy atom. The molecular weight excluding hydrogens is 326 g/mol. The Kier molecular flexibility index (Phi) is 5.90. The van der Waals surface area contributed by atoms with Gasteiger partial charge in [0.15, 0.2) is 0 Å². The van der Waals surface area contributed by atoms with E-state index in [2.05, 4.69) is 27.7 Å². The smallest absolute Gasteiger partial charge is 0.227 e. The molecule has 4 rings (SSSR count). The van der Waals surface area contributed by atoms with Crippen LogP contribution in [0.5, 0.6) is 0 Å². The molecule has 0 radical (unpaired) electrons. The fraction of sp³-hybridized carbons (Fsp3) is 0.800. The molecule has 0 aromatic carbocycles. The number of piperidine rings is 1. The number of aryl methyl sites for hydroxylation is 1. The molecule has 0 saturated carbocycles. The highest BCUT2D eigenvalue weighted by Crippen LogP contribution is 2.23. The van der Waals surface area contributed by atoms with E-state index in [1.165, 1.54) is 37.8 Å². The maximum Gasteiger partial charge on any atom is 0.227 e. The van der Waals surface area contributed by atoms with Crippen LogP contribution >= 0.6 is 0 Å². The molecule has 0 bridgehead atoms. The fourth-order valence-electron chi connectivity index (χ4n) is 4.41. The van der Waals surface area contributed by atoms with Crippen molar-refractivity contribution in [3.05, 3.63) is 11.8 Å². The number of nitrogens with zero attached hydrogens (tertiary/aromatic N) is 5. The van der Waals surface area contributed by atoms with Gasteiger partial charge in [0.05, 0.1) is 0 Å². The van der Waals surface area contributed by atoms with Gasteiger partial charge in [-0.3, -0.25) is 4.90 Å². The van der Waals surface area contributed by atoms with Crippen LogP contribution in [0, 0.1) is 0 Å². The second-order valence-corrected chi connectivity index (χ2v) is 7.79. The molecule has 4 heterocycles. The number of hydrogen-bond donors (Lipinski definition) is 0. The predicted octanol–water partition coefficient (Wildman–Crippen LogP) is 2.33. The first-order chi connectivity index (χ1) is 12.8. The van der Waals surface area contributed by atoms with Crippen molar-refractivity contribution >= 4 is 11.8 Å². The summed E-state index contributed by atoms with van der Waals surface area (Å²) in [4.78, 5) is 17.3. The SMILES string of the molecule is CCc1cc(N2CCN(C3CCOCC3)CC2)nc(N2CCCCC2)n1. The van der Waals surface area contributed by atoms with Gasteiger partial charge in [-0.05, 0) is 38.5 Å². The number of rotatable bonds is 4. The van der Waals surface area contributed by atoms with Crippen molar-refractivity contribution in [1.82, 2.24) is 14.9 Å². The molecular formula is C20H33N5O. The van der Waals surface area contributed by atoms with E-state index in [4.69, 9.17) is 14.7 Å². The average Bonchev–Trinajstić information content (AvgIpc) is 2.75. The van der Waals surface area contributed by atoms with E-state index >= 15 is 0 Å². The number of aromatic nitrogens is 2. The van der Waals surface area contributed by atoms with Crippen molar-refractivity contribution in [1.29, 1.82) is 0 Å². The van der Waals surface area contributed by atoms with Crippen LogP contribution in [0.15, 0.2) is 6.07 Å². The molecule has 26 heavy (non-hydrogen) atoms. The van der Waals surface area contributed by atoms with Crippen LogP contribution in [0.2, 0.25) is 0 Å². The molecule has 0 amide bonds. The molecule has 6 heteroatoms. The largest absolute Gasteiger partial charge is 0.381 e. The lowest BCUT2D eigenvalue weighted by Crippen LogP contribution is -2.52. The number of anilines is 2. The summed E-state index contributed by atoms with van der Waals surface area (Å²) in [6, 6.07) is 2.92. The quantitative estimate of drug-likeness (QED) is 0.822. The van der Waals surface area contributed by atoms with Crippen molar-refractivity contribution in [3.8, 4) is 0 Å². The minimum absolute atomic E-state index is 0.714. The second-order valence-electron chi connectivity index (χ2n) is 7.79. The minimum atomic E-state index is 0.714. The van der Waals surface area contributed by atoms with Crippen molar-refractivity contribution in [2.45, 2.75) is 51.5 Å². The predicted molar refractivity (Wildman–Crippen MR) is 105 cm³/mol. The van der Waals surface area contributed by atoms with Crippen molar-refractivity contribution < 1.29 is 4.74 Å². The van der Waals surface area contributed by atoms with Crippen LogP contribution in [-0.4, -0.2) is 73.4 Å². The monoisotopic (exact) mass is 359 g/mol. The van der Waals surface area contributed by atoms with Gasteiger partial charge in [-0.1, -0.05) is 6.92 Å². The van der Waals surface area contributed by atoms with Crippen LogP contribution < -0.4 is 9.80 Å². The topological polar surface area (TPSA) is 44.7 Å². The van der Waals surface area contributed by atoms with E-state index in [0.29, 0.717) is 6.04 Å². The zero-order valence-corrected chi connectivity index (χ0v) is 16.2. The first-order valence-electron chi connectivity index (χ1n) is 10.5. The lowest BCUT2D eigenvalue weighted by atomic mass is 10.1. The molecule has 1 aromatic rings. The first kappa shape index (κ1) is 18.0. The zero-order valence-electron chi connectivity index (χ0n) is 16.2. The van der Waals surface area contributed by atoms with Crippen molar-refractivity contribution in [2.24, 2.45) is 0 Å².